The van der Waals surface area contributed by atoms with E-state index in [1.807, 2.05) is 62.4 Å². The van der Waals surface area contributed by atoms with Gasteiger partial charge in [0.1, 0.15) is 23.6 Å². The smallest absolute Gasteiger partial charge is 0.167 e. The number of fused-ring (bicyclic) bond motifs is 1. The Bertz CT molecular complexity index is 1500. The Hall–Kier alpha value is -3.91. The van der Waals surface area contributed by atoms with Crippen molar-refractivity contribution >= 4 is 11.0 Å². The normalized spacial score (nSPS) is 18.4. The average molecular weight is 452 g/mol. The molecule has 3 aromatic heterocycles. The van der Waals surface area contributed by atoms with Crippen LogP contribution in [0.15, 0.2) is 60.7 Å². The second-order valence-corrected chi connectivity index (χ2v) is 8.91. The predicted octanol–water partition coefficient (Wildman–Crippen LogP) is 3.91. The van der Waals surface area contributed by atoms with Crippen LogP contribution in [-0.2, 0) is 7.05 Å². The summed E-state index contributed by atoms with van der Waals surface area (Å²) in [7, 11) is 2.08. The molecule has 1 fully saturated rings. The fourth-order valence-electron chi connectivity index (χ4n) is 4.74. The molecule has 0 aliphatic heterocycles. The first-order valence-corrected chi connectivity index (χ1v) is 11.4. The van der Waals surface area contributed by atoms with E-state index in [1.54, 1.807) is 4.68 Å². The first kappa shape index (κ1) is 20.7. The fourth-order valence-corrected chi connectivity index (χ4v) is 4.74. The Morgan fingerprint density at radius 2 is 1.65 bits per heavy atom. The molecule has 0 radical (unpaired) electrons. The van der Waals surface area contributed by atoms with Crippen molar-refractivity contribution < 1.29 is 5.11 Å². The van der Waals surface area contributed by atoms with Gasteiger partial charge in [0, 0.05) is 24.9 Å². The van der Waals surface area contributed by atoms with E-state index in [0.717, 1.165) is 34.5 Å². The number of rotatable bonds is 5. The van der Waals surface area contributed by atoms with Gasteiger partial charge in [-0.05, 0) is 38.0 Å². The van der Waals surface area contributed by atoms with Gasteiger partial charge in [0.15, 0.2) is 11.6 Å². The van der Waals surface area contributed by atoms with Crippen molar-refractivity contribution in [1.29, 1.82) is 0 Å². The number of aliphatic hydroxyl groups is 1. The van der Waals surface area contributed by atoms with Gasteiger partial charge in [-0.2, -0.15) is 4.68 Å². The van der Waals surface area contributed by atoms with Crippen LogP contribution in [0.5, 0.6) is 0 Å². The Labute approximate surface area is 197 Å². The summed E-state index contributed by atoms with van der Waals surface area (Å²) in [6.45, 7) is 3.70. The summed E-state index contributed by atoms with van der Waals surface area (Å²) >= 11 is 0. The lowest BCUT2D eigenvalue weighted by Gasteiger charge is -2.13. The highest BCUT2D eigenvalue weighted by atomic mass is 16.3. The van der Waals surface area contributed by atoms with E-state index in [9.17, 15) is 5.11 Å². The molecule has 3 atom stereocenters. The summed E-state index contributed by atoms with van der Waals surface area (Å²) in [5.74, 6) is 3.96. The van der Waals surface area contributed by atoms with Crippen molar-refractivity contribution in [3.63, 3.8) is 0 Å². The summed E-state index contributed by atoms with van der Waals surface area (Å²) in [5, 5.41) is 15.6. The SMILES string of the molecule is Cc1nc([C@@H]2C[C@H]2c2nc3ccccc3n2C)cc(-n2nc(C)nc2[C@H](O)c2ccccc2)n1. The highest BCUT2D eigenvalue weighted by Crippen LogP contribution is 2.54. The Morgan fingerprint density at radius 3 is 2.44 bits per heavy atom. The molecule has 3 heterocycles. The van der Waals surface area contributed by atoms with Crippen molar-refractivity contribution in [2.45, 2.75) is 38.2 Å². The third-order valence-electron chi connectivity index (χ3n) is 6.48. The zero-order chi connectivity index (χ0) is 23.4. The highest BCUT2D eigenvalue weighted by molar-refractivity contribution is 5.76. The van der Waals surface area contributed by atoms with Gasteiger partial charge in [-0.1, -0.05) is 42.5 Å². The number of para-hydroxylation sites is 2. The maximum Gasteiger partial charge on any atom is 0.167 e. The maximum atomic E-state index is 11.0. The van der Waals surface area contributed by atoms with Crippen molar-refractivity contribution in [3.8, 4) is 5.82 Å². The Balaban J connectivity index is 1.35. The zero-order valence-corrected chi connectivity index (χ0v) is 19.3. The molecule has 0 amide bonds. The molecule has 6 rings (SSSR count). The van der Waals surface area contributed by atoms with E-state index in [2.05, 4.69) is 38.8 Å². The third-order valence-corrected chi connectivity index (χ3v) is 6.48. The predicted molar refractivity (Wildman–Crippen MR) is 128 cm³/mol. The number of aromatic nitrogens is 7. The second kappa shape index (κ2) is 7.85. The first-order chi connectivity index (χ1) is 16.5. The van der Waals surface area contributed by atoms with Crippen LogP contribution >= 0.6 is 0 Å². The molecule has 1 aliphatic carbocycles. The minimum atomic E-state index is -0.908. The van der Waals surface area contributed by atoms with Crippen LogP contribution in [0, 0.1) is 13.8 Å². The van der Waals surface area contributed by atoms with Gasteiger partial charge in [-0.25, -0.2) is 19.9 Å². The number of hydrogen-bond donors (Lipinski definition) is 1. The van der Waals surface area contributed by atoms with Gasteiger partial charge in [-0.3, -0.25) is 0 Å². The molecule has 0 unspecified atom stereocenters. The molecule has 5 aromatic rings. The summed E-state index contributed by atoms with van der Waals surface area (Å²) in [5.41, 5.74) is 3.88. The summed E-state index contributed by atoms with van der Waals surface area (Å²) in [6, 6.07) is 19.6. The number of imidazole rings is 1. The van der Waals surface area contributed by atoms with Crippen LogP contribution < -0.4 is 0 Å². The van der Waals surface area contributed by atoms with Gasteiger partial charge in [0.25, 0.3) is 0 Å². The minimum Gasteiger partial charge on any atom is -0.380 e. The monoisotopic (exact) mass is 451 g/mol. The average Bonchev–Trinajstić information content (AvgIpc) is 3.44. The number of aryl methyl sites for hydroxylation is 3. The Morgan fingerprint density at radius 1 is 0.882 bits per heavy atom. The van der Waals surface area contributed by atoms with Crippen molar-refractivity contribution in [2.24, 2.45) is 7.05 Å². The molecule has 8 nitrogen and oxygen atoms in total. The van der Waals surface area contributed by atoms with Gasteiger partial charge < -0.3 is 9.67 Å². The minimum absolute atomic E-state index is 0.267. The molecule has 1 N–H and O–H groups in total. The van der Waals surface area contributed by atoms with Gasteiger partial charge in [-0.15, -0.1) is 5.10 Å². The fraction of sp³-hybridized carbons (Fsp3) is 0.269. The summed E-state index contributed by atoms with van der Waals surface area (Å²) < 4.78 is 3.82. The second-order valence-electron chi connectivity index (χ2n) is 8.91. The quantitative estimate of drug-likeness (QED) is 0.435. The van der Waals surface area contributed by atoms with Gasteiger partial charge in [0.05, 0.1) is 16.7 Å². The topological polar surface area (TPSA) is 94.5 Å². The van der Waals surface area contributed by atoms with E-state index in [1.165, 1.54) is 0 Å². The molecular formula is C26H25N7O. The molecule has 1 saturated carbocycles. The third kappa shape index (κ3) is 3.47. The van der Waals surface area contributed by atoms with Crippen molar-refractivity contribution in [2.75, 3.05) is 0 Å². The lowest BCUT2D eigenvalue weighted by molar-refractivity contribution is 0.206. The van der Waals surface area contributed by atoms with E-state index >= 15 is 0 Å². The molecule has 8 heteroatoms. The van der Waals surface area contributed by atoms with Gasteiger partial charge in [0.2, 0.25) is 0 Å². The van der Waals surface area contributed by atoms with E-state index in [4.69, 9.17) is 9.97 Å². The van der Waals surface area contributed by atoms with Crippen LogP contribution in [0.4, 0.5) is 0 Å². The van der Waals surface area contributed by atoms with E-state index in [0.29, 0.717) is 29.2 Å². The summed E-state index contributed by atoms with van der Waals surface area (Å²) in [4.78, 5) is 18.8. The van der Waals surface area contributed by atoms with Gasteiger partial charge >= 0.3 is 0 Å². The van der Waals surface area contributed by atoms with Crippen LogP contribution in [0.3, 0.4) is 0 Å². The lowest BCUT2D eigenvalue weighted by atomic mass is 10.1. The highest BCUT2D eigenvalue weighted by Gasteiger charge is 2.44. The van der Waals surface area contributed by atoms with Crippen LogP contribution in [0.25, 0.3) is 16.9 Å². The van der Waals surface area contributed by atoms with Crippen molar-refractivity contribution in [1.82, 2.24) is 34.3 Å². The standard InChI is InChI=1S/C26H25N7O/c1-15-27-21(18-13-19(18)25-30-20-11-7-8-12-22(20)32(25)3)14-23(28-15)33-26(29-16(2)31-33)24(34)17-9-5-4-6-10-17/h4-12,14,18-19,24,34H,13H2,1-3H3/t18-,19-,24-/m1/s1. The van der Waals surface area contributed by atoms with E-state index < -0.39 is 6.10 Å². The molecule has 170 valence electrons. The number of hydrogen-bond acceptors (Lipinski definition) is 6. The van der Waals surface area contributed by atoms with Crippen LogP contribution in [0.2, 0.25) is 0 Å². The Kier molecular flexibility index (Phi) is 4.77. The number of aliphatic hydroxyl groups excluding tert-OH is 1. The molecule has 0 bridgehead atoms. The van der Waals surface area contributed by atoms with Crippen LogP contribution in [0.1, 0.15) is 58.9 Å². The molecule has 34 heavy (non-hydrogen) atoms. The number of benzene rings is 2. The largest absolute Gasteiger partial charge is 0.380 e. The molecule has 0 saturated heterocycles. The first-order valence-electron chi connectivity index (χ1n) is 11.4. The number of nitrogens with zero attached hydrogens (tertiary/aromatic N) is 7. The zero-order valence-electron chi connectivity index (χ0n) is 19.3. The molecule has 0 spiro atoms. The molecule has 2 aromatic carbocycles. The molecular weight excluding hydrogens is 426 g/mol. The molecule has 1 aliphatic rings. The van der Waals surface area contributed by atoms with Crippen LogP contribution in [-0.4, -0.2) is 39.4 Å². The van der Waals surface area contributed by atoms with Crippen molar-refractivity contribution in [3.05, 3.63) is 95.2 Å². The summed E-state index contributed by atoms with van der Waals surface area (Å²) in [6.07, 6.45) is 0.0814. The van der Waals surface area contributed by atoms with E-state index in [-0.39, 0.29) is 5.92 Å². The lowest BCUT2D eigenvalue weighted by Crippen LogP contribution is -2.12. The maximum absolute atomic E-state index is 11.0.